The maximum absolute atomic E-state index is 12.5. The van der Waals surface area contributed by atoms with E-state index in [4.69, 9.17) is 10.5 Å². The van der Waals surface area contributed by atoms with Gasteiger partial charge in [0, 0.05) is 23.2 Å². The molecular formula is C17H17NO2. The summed E-state index contributed by atoms with van der Waals surface area (Å²) in [4.78, 5) is 12.5. The van der Waals surface area contributed by atoms with Crippen LogP contribution in [-0.4, -0.2) is 11.4 Å². The highest BCUT2D eigenvalue weighted by molar-refractivity contribution is 6.09. The first-order valence-corrected chi connectivity index (χ1v) is 6.67. The Morgan fingerprint density at radius 2 is 1.90 bits per heavy atom. The van der Waals surface area contributed by atoms with Gasteiger partial charge in [0.1, 0.15) is 11.4 Å². The van der Waals surface area contributed by atoms with E-state index in [9.17, 15) is 4.79 Å². The number of benzene rings is 2. The van der Waals surface area contributed by atoms with Crippen molar-refractivity contribution >= 4 is 11.5 Å². The molecular weight excluding hydrogens is 250 g/mol. The lowest BCUT2D eigenvalue weighted by Crippen LogP contribution is -2.24. The maximum atomic E-state index is 12.5. The molecule has 0 amide bonds. The Labute approximate surface area is 118 Å². The highest BCUT2D eigenvalue weighted by atomic mass is 16.5. The van der Waals surface area contributed by atoms with Gasteiger partial charge in [-0.05, 0) is 49.7 Å². The van der Waals surface area contributed by atoms with E-state index in [1.54, 1.807) is 24.3 Å². The van der Waals surface area contributed by atoms with E-state index in [2.05, 4.69) is 0 Å². The van der Waals surface area contributed by atoms with E-state index in [0.717, 1.165) is 17.7 Å². The molecule has 2 N–H and O–H groups in total. The van der Waals surface area contributed by atoms with E-state index >= 15 is 0 Å². The molecule has 0 radical (unpaired) electrons. The van der Waals surface area contributed by atoms with Crippen molar-refractivity contribution in [1.82, 2.24) is 0 Å². The summed E-state index contributed by atoms with van der Waals surface area (Å²) in [5.74, 6) is 0.865. The predicted molar refractivity (Wildman–Crippen MR) is 79.1 cm³/mol. The van der Waals surface area contributed by atoms with Gasteiger partial charge in [-0.2, -0.15) is 0 Å². The van der Waals surface area contributed by atoms with Gasteiger partial charge >= 0.3 is 0 Å². The molecule has 0 bridgehead atoms. The van der Waals surface area contributed by atoms with Crippen LogP contribution in [0.5, 0.6) is 5.75 Å². The number of fused-ring (bicyclic) bond motifs is 1. The summed E-state index contributed by atoms with van der Waals surface area (Å²) < 4.78 is 5.82. The Hall–Kier alpha value is -2.29. The van der Waals surface area contributed by atoms with E-state index in [1.165, 1.54) is 0 Å². The first-order chi connectivity index (χ1) is 9.44. The summed E-state index contributed by atoms with van der Waals surface area (Å²) in [6, 6.07) is 12.7. The molecule has 2 aromatic carbocycles. The number of ether oxygens (including phenoxy) is 1. The van der Waals surface area contributed by atoms with Crippen LogP contribution in [0.4, 0.5) is 5.69 Å². The Kier molecular flexibility index (Phi) is 2.78. The van der Waals surface area contributed by atoms with Crippen molar-refractivity contribution in [3.05, 3.63) is 59.2 Å². The number of hydrogen-bond donors (Lipinski definition) is 1. The first-order valence-electron chi connectivity index (χ1n) is 6.67. The fourth-order valence-corrected chi connectivity index (χ4v) is 2.60. The van der Waals surface area contributed by atoms with Crippen molar-refractivity contribution in [2.24, 2.45) is 0 Å². The molecule has 1 aliphatic heterocycles. The minimum atomic E-state index is -0.193. The molecule has 20 heavy (non-hydrogen) atoms. The van der Waals surface area contributed by atoms with Crippen molar-refractivity contribution in [2.75, 3.05) is 5.73 Å². The highest BCUT2D eigenvalue weighted by Crippen LogP contribution is 2.35. The van der Waals surface area contributed by atoms with Gasteiger partial charge in [-0.3, -0.25) is 4.79 Å². The van der Waals surface area contributed by atoms with Crippen molar-refractivity contribution in [2.45, 2.75) is 25.9 Å². The van der Waals surface area contributed by atoms with Crippen LogP contribution in [0.25, 0.3) is 0 Å². The average Bonchev–Trinajstić information content (AvgIpc) is 2.70. The Bertz CT molecular complexity index is 689. The third kappa shape index (κ3) is 2.27. The molecule has 0 atom stereocenters. The molecule has 0 unspecified atom stereocenters. The molecule has 2 aromatic rings. The van der Waals surface area contributed by atoms with Crippen LogP contribution in [0.15, 0.2) is 42.5 Å². The van der Waals surface area contributed by atoms with Gasteiger partial charge in [-0.25, -0.2) is 0 Å². The normalized spacial score (nSPS) is 15.5. The largest absolute Gasteiger partial charge is 0.487 e. The fourth-order valence-electron chi connectivity index (χ4n) is 2.60. The fraction of sp³-hybridized carbons (Fsp3) is 0.235. The predicted octanol–water partition coefficient (Wildman–Crippen LogP) is 3.21. The van der Waals surface area contributed by atoms with Crippen LogP contribution in [0.2, 0.25) is 0 Å². The molecule has 3 heteroatoms. The van der Waals surface area contributed by atoms with Gasteiger partial charge in [-0.1, -0.05) is 12.1 Å². The second kappa shape index (κ2) is 4.37. The molecule has 1 aliphatic rings. The molecule has 0 aliphatic carbocycles. The Balaban J connectivity index is 1.95. The number of nitrogen functional groups attached to an aromatic ring is 1. The molecule has 0 saturated heterocycles. The standard InChI is InChI=1S/C17H17NO2/c1-17(2)10-13-8-12(6-7-15(13)20-17)16(19)11-4-3-5-14(18)9-11/h3-9H,10,18H2,1-2H3. The second-order valence-corrected chi connectivity index (χ2v) is 5.82. The number of ketones is 1. The number of nitrogens with two attached hydrogens (primary N) is 1. The zero-order valence-corrected chi connectivity index (χ0v) is 11.6. The molecule has 0 spiro atoms. The SMILES string of the molecule is CC1(C)Cc2cc(C(=O)c3cccc(N)c3)ccc2O1. The van der Waals surface area contributed by atoms with Crippen molar-refractivity contribution in [3.8, 4) is 5.75 Å². The first kappa shape index (κ1) is 12.7. The van der Waals surface area contributed by atoms with Gasteiger partial charge in [0.15, 0.2) is 5.78 Å². The molecule has 3 nitrogen and oxygen atoms in total. The van der Waals surface area contributed by atoms with Crippen LogP contribution < -0.4 is 10.5 Å². The Morgan fingerprint density at radius 1 is 1.15 bits per heavy atom. The number of rotatable bonds is 2. The van der Waals surface area contributed by atoms with E-state index in [-0.39, 0.29) is 11.4 Å². The topological polar surface area (TPSA) is 52.3 Å². The van der Waals surface area contributed by atoms with E-state index in [1.807, 2.05) is 32.0 Å². The van der Waals surface area contributed by atoms with Crippen molar-refractivity contribution in [3.63, 3.8) is 0 Å². The number of hydrogen-bond acceptors (Lipinski definition) is 3. The molecule has 1 heterocycles. The van der Waals surface area contributed by atoms with Crippen LogP contribution >= 0.6 is 0 Å². The number of carbonyl (C=O) groups excluding carboxylic acids is 1. The van der Waals surface area contributed by atoms with Crippen LogP contribution in [0, 0.1) is 0 Å². The Morgan fingerprint density at radius 3 is 2.65 bits per heavy atom. The zero-order chi connectivity index (χ0) is 14.3. The van der Waals surface area contributed by atoms with Crippen molar-refractivity contribution < 1.29 is 9.53 Å². The van der Waals surface area contributed by atoms with Crippen LogP contribution in [0.1, 0.15) is 35.3 Å². The summed E-state index contributed by atoms with van der Waals surface area (Å²) in [7, 11) is 0. The third-order valence-corrected chi connectivity index (χ3v) is 3.47. The molecule has 0 aromatic heterocycles. The lowest BCUT2D eigenvalue weighted by molar-refractivity contribution is 0.103. The van der Waals surface area contributed by atoms with Crippen molar-refractivity contribution in [1.29, 1.82) is 0 Å². The van der Waals surface area contributed by atoms with Gasteiger partial charge in [0.05, 0.1) is 0 Å². The lowest BCUT2D eigenvalue weighted by Gasteiger charge is -2.16. The molecule has 0 saturated carbocycles. The number of anilines is 1. The lowest BCUT2D eigenvalue weighted by atomic mass is 9.97. The average molecular weight is 267 g/mol. The smallest absolute Gasteiger partial charge is 0.193 e. The summed E-state index contributed by atoms with van der Waals surface area (Å²) >= 11 is 0. The van der Waals surface area contributed by atoms with E-state index in [0.29, 0.717) is 16.8 Å². The van der Waals surface area contributed by atoms with Gasteiger partial charge < -0.3 is 10.5 Å². The summed E-state index contributed by atoms with van der Waals surface area (Å²) in [5.41, 5.74) is 8.51. The summed E-state index contributed by atoms with van der Waals surface area (Å²) in [6.45, 7) is 4.10. The second-order valence-electron chi connectivity index (χ2n) is 5.82. The van der Waals surface area contributed by atoms with Crippen LogP contribution in [0.3, 0.4) is 0 Å². The monoisotopic (exact) mass is 267 g/mol. The highest BCUT2D eigenvalue weighted by Gasteiger charge is 2.30. The quantitative estimate of drug-likeness (QED) is 0.671. The maximum Gasteiger partial charge on any atom is 0.193 e. The van der Waals surface area contributed by atoms with E-state index < -0.39 is 0 Å². The zero-order valence-electron chi connectivity index (χ0n) is 11.6. The number of carbonyl (C=O) groups is 1. The van der Waals surface area contributed by atoms with Gasteiger partial charge in [0.2, 0.25) is 0 Å². The summed E-state index contributed by atoms with van der Waals surface area (Å²) in [5, 5.41) is 0. The van der Waals surface area contributed by atoms with Crippen LogP contribution in [-0.2, 0) is 6.42 Å². The van der Waals surface area contributed by atoms with Gasteiger partial charge in [0.25, 0.3) is 0 Å². The van der Waals surface area contributed by atoms with Gasteiger partial charge in [-0.15, -0.1) is 0 Å². The minimum absolute atomic E-state index is 0.00944. The summed E-state index contributed by atoms with van der Waals surface area (Å²) in [6.07, 6.45) is 0.820. The minimum Gasteiger partial charge on any atom is -0.487 e. The molecule has 0 fully saturated rings. The third-order valence-electron chi connectivity index (χ3n) is 3.47. The molecule has 102 valence electrons. The molecule has 3 rings (SSSR count).